The average molecular weight is 667 g/mol. The van der Waals surface area contributed by atoms with E-state index >= 15 is 0 Å². The van der Waals surface area contributed by atoms with Gasteiger partial charge < -0.3 is 35.6 Å². The smallest absolute Gasteiger partial charge is 0.322 e. The maximum Gasteiger partial charge on any atom is 0.322 e. The van der Waals surface area contributed by atoms with Gasteiger partial charge in [0.2, 0.25) is 5.91 Å². The van der Waals surface area contributed by atoms with Crippen LogP contribution in [0.25, 0.3) is 11.1 Å². The number of carboxylic acid groups (broad SMARTS) is 1. The zero-order chi connectivity index (χ0) is 35.1. The van der Waals surface area contributed by atoms with Crippen molar-refractivity contribution in [2.75, 3.05) is 39.3 Å². The third kappa shape index (κ3) is 6.76. The SMILES string of the molecule is COc1c(CN2O[C@@H](CO)[C@H]([C@H](C)O)[C@H]2C(=O)N[C@H]2C[C@@H]3C[C@@H]([C@@H]2C)C3(C)C)cccc1-c1cc(C(=O)NCC(=O)O)cc(N(C)C)c1. The summed E-state index contributed by atoms with van der Waals surface area (Å²) in [4.78, 5) is 46.1. The third-order valence-electron chi connectivity index (χ3n) is 11.1. The lowest BCUT2D eigenvalue weighted by molar-refractivity contribution is -0.183. The quantitative estimate of drug-likeness (QED) is 0.228. The van der Waals surface area contributed by atoms with Crippen LogP contribution in [0.2, 0.25) is 0 Å². The first-order valence-electron chi connectivity index (χ1n) is 16.7. The lowest BCUT2D eigenvalue weighted by atomic mass is 9.45. The highest BCUT2D eigenvalue weighted by molar-refractivity contribution is 5.98. The number of carboxylic acids is 1. The van der Waals surface area contributed by atoms with Crippen LogP contribution in [-0.4, -0.2) is 96.8 Å². The highest BCUT2D eigenvalue weighted by Gasteiger charge is 2.57. The molecule has 0 radical (unpaired) electrons. The molecule has 1 heterocycles. The molecule has 0 spiro atoms. The number of hydrogen-bond acceptors (Lipinski definition) is 9. The second-order valence-corrected chi connectivity index (χ2v) is 14.5. The van der Waals surface area contributed by atoms with Crippen LogP contribution in [0.3, 0.4) is 0 Å². The minimum Gasteiger partial charge on any atom is -0.496 e. The van der Waals surface area contributed by atoms with Crippen LogP contribution in [-0.2, 0) is 21.0 Å². The number of methoxy groups -OCH3 is 1. The maximum atomic E-state index is 14.1. The van der Waals surface area contributed by atoms with E-state index in [0.29, 0.717) is 40.2 Å². The molecule has 2 aromatic rings. The predicted octanol–water partition coefficient (Wildman–Crippen LogP) is 2.90. The molecule has 1 aliphatic heterocycles. The molecular formula is C36H50N4O8. The number of aliphatic hydroxyl groups excluding tert-OH is 2. The Morgan fingerprint density at radius 3 is 2.48 bits per heavy atom. The topological polar surface area (TPSA) is 161 Å². The normalized spacial score (nSPS) is 28.2. The molecule has 8 atom stereocenters. The van der Waals surface area contributed by atoms with E-state index in [1.165, 1.54) is 6.42 Å². The molecule has 1 saturated heterocycles. The summed E-state index contributed by atoms with van der Waals surface area (Å²) < 4.78 is 5.94. The van der Waals surface area contributed by atoms with Gasteiger partial charge in [-0.15, -0.1) is 0 Å². The van der Waals surface area contributed by atoms with Crippen molar-refractivity contribution in [3.8, 4) is 16.9 Å². The Labute approximate surface area is 282 Å². The lowest BCUT2D eigenvalue weighted by Crippen LogP contribution is -2.62. The summed E-state index contributed by atoms with van der Waals surface area (Å²) in [6, 6.07) is 9.98. The number of carbonyl (C=O) groups is 3. The molecule has 3 saturated carbocycles. The van der Waals surface area contributed by atoms with E-state index < -0.39 is 42.6 Å². The van der Waals surface area contributed by atoms with Crippen LogP contribution in [0, 0.1) is 29.1 Å². The summed E-state index contributed by atoms with van der Waals surface area (Å²) in [6.07, 6.45) is 0.385. The van der Waals surface area contributed by atoms with E-state index in [4.69, 9.17) is 14.7 Å². The molecule has 5 N–H and O–H groups in total. The molecule has 12 nitrogen and oxygen atoms in total. The molecule has 6 rings (SSSR count). The molecule has 2 amide bonds. The Balaban J connectivity index is 1.46. The zero-order valence-corrected chi connectivity index (χ0v) is 28.9. The molecule has 0 unspecified atom stereocenters. The standard InChI is InChI=1S/C36H50N4O8/c1-19-27-14-24(36(27,3)4)15-28(19)38-35(46)32-31(20(2)42)29(18-41)48-40(32)17-21-9-8-10-26(33(21)47-7)22-11-23(13-25(12-22)39(5)6)34(45)37-16-30(43)44/h8-13,19-20,24,27-29,31-32,41-42H,14-18H2,1-7H3,(H,37,45)(H,38,46)(H,43,44)/t19-,20-,24-,27-,28-,29-,31-,32-/m0/s1. The second kappa shape index (κ2) is 14.0. The van der Waals surface area contributed by atoms with Gasteiger partial charge in [-0.1, -0.05) is 39.0 Å². The highest BCUT2D eigenvalue weighted by atomic mass is 16.7. The average Bonchev–Trinajstić information content (AvgIpc) is 3.42. The molecule has 12 heteroatoms. The van der Waals surface area contributed by atoms with Gasteiger partial charge >= 0.3 is 5.97 Å². The molecule has 2 aromatic carbocycles. The number of ether oxygens (including phenoxy) is 1. The summed E-state index contributed by atoms with van der Waals surface area (Å²) in [5.74, 6) is -0.670. The molecule has 2 bridgehead atoms. The van der Waals surface area contributed by atoms with Gasteiger partial charge in [-0.2, -0.15) is 5.06 Å². The molecule has 0 aromatic heterocycles. The molecule has 4 fully saturated rings. The van der Waals surface area contributed by atoms with Crippen LogP contribution in [0.5, 0.6) is 5.75 Å². The van der Waals surface area contributed by atoms with Gasteiger partial charge in [0.25, 0.3) is 5.91 Å². The Morgan fingerprint density at radius 1 is 1.17 bits per heavy atom. The predicted molar refractivity (Wildman–Crippen MR) is 180 cm³/mol. The van der Waals surface area contributed by atoms with Crippen LogP contribution in [0.1, 0.15) is 56.5 Å². The number of para-hydroxylation sites is 1. The largest absolute Gasteiger partial charge is 0.496 e. The van der Waals surface area contributed by atoms with Crippen molar-refractivity contribution >= 4 is 23.5 Å². The van der Waals surface area contributed by atoms with Gasteiger partial charge in [0.1, 0.15) is 24.4 Å². The van der Waals surface area contributed by atoms with Crippen molar-refractivity contribution in [1.29, 1.82) is 0 Å². The monoisotopic (exact) mass is 666 g/mol. The van der Waals surface area contributed by atoms with Crippen LogP contribution in [0.4, 0.5) is 5.69 Å². The second-order valence-electron chi connectivity index (χ2n) is 14.5. The fraction of sp³-hybridized carbons (Fsp3) is 0.583. The Bertz CT molecular complexity index is 1530. The minimum absolute atomic E-state index is 0.0164. The summed E-state index contributed by atoms with van der Waals surface area (Å²) in [7, 11) is 5.23. The van der Waals surface area contributed by atoms with Crippen LogP contribution in [0.15, 0.2) is 36.4 Å². The van der Waals surface area contributed by atoms with Crippen molar-refractivity contribution in [2.24, 2.45) is 29.1 Å². The fourth-order valence-electron chi connectivity index (χ4n) is 8.24. The van der Waals surface area contributed by atoms with Crippen molar-refractivity contribution in [3.63, 3.8) is 0 Å². The number of rotatable bonds is 12. The Morgan fingerprint density at radius 2 is 1.90 bits per heavy atom. The van der Waals surface area contributed by atoms with E-state index in [-0.39, 0.29) is 36.1 Å². The van der Waals surface area contributed by atoms with E-state index in [1.54, 1.807) is 31.2 Å². The summed E-state index contributed by atoms with van der Waals surface area (Å²) in [5.41, 5.74) is 3.31. The van der Waals surface area contributed by atoms with E-state index in [2.05, 4.69) is 31.4 Å². The zero-order valence-electron chi connectivity index (χ0n) is 28.9. The number of hydrogen-bond donors (Lipinski definition) is 5. The number of aliphatic carboxylic acids is 1. The summed E-state index contributed by atoms with van der Waals surface area (Å²) >= 11 is 0. The molecule has 4 aliphatic rings. The van der Waals surface area contributed by atoms with Gasteiger partial charge in [-0.3, -0.25) is 19.2 Å². The first-order chi connectivity index (χ1) is 22.7. The van der Waals surface area contributed by atoms with E-state index in [0.717, 1.165) is 12.1 Å². The molecule has 48 heavy (non-hydrogen) atoms. The third-order valence-corrected chi connectivity index (χ3v) is 11.1. The first-order valence-corrected chi connectivity index (χ1v) is 16.7. The van der Waals surface area contributed by atoms with E-state index in [9.17, 15) is 24.6 Å². The van der Waals surface area contributed by atoms with Crippen LogP contribution >= 0.6 is 0 Å². The molecule has 262 valence electrons. The summed E-state index contributed by atoms with van der Waals surface area (Å²) in [5, 5.41) is 37.4. The van der Waals surface area contributed by atoms with E-state index in [1.807, 2.05) is 43.3 Å². The number of nitrogens with zero attached hydrogens (tertiary/aromatic N) is 2. The highest BCUT2D eigenvalue weighted by Crippen LogP contribution is 2.61. The van der Waals surface area contributed by atoms with Crippen molar-refractivity contribution in [3.05, 3.63) is 47.5 Å². The Kier molecular flexibility index (Phi) is 10.4. The van der Waals surface area contributed by atoms with Gasteiger partial charge in [0, 0.05) is 48.4 Å². The van der Waals surface area contributed by atoms with Crippen LogP contribution < -0.4 is 20.3 Å². The summed E-state index contributed by atoms with van der Waals surface area (Å²) in [6.45, 7) is 7.70. The van der Waals surface area contributed by atoms with Crippen molar-refractivity contribution < 1.29 is 39.3 Å². The minimum atomic E-state index is -1.15. The number of aliphatic hydroxyl groups is 2. The van der Waals surface area contributed by atoms with Gasteiger partial charge in [-0.25, -0.2) is 0 Å². The molecular weight excluding hydrogens is 616 g/mol. The molecule has 3 aliphatic carbocycles. The number of hydroxylamine groups is 2. The number of anilines is 1. The number of carbonyl (C=O) groups excluding carboxylic acids is 2. The van der Waals surface area contributed by atoms with Gasteiger partial charge in [0.05, 0.1) is 26.4 Å². The number of fused-ring (bicyclic) bond motifs is 2. The number of nitrogens with one attached hydrogen (secondary N) is 2. The van der Waals surface area contributed by atoms with Crippen molar-refractivity contribution in [1.82, 2.24) is 15.7 Å². The lowest BCUT2D eigenvalue weighted by Gasteiger charge is -2.62. The van der Waals surface area contributed by atoms with Gasteiger partial charge in [0.15, 0.2) is 0 Å². The fourth-order valence-corrected chi connectivity index (χ4v) is 8.24. The first kappa shape index (κ1) is 35.6. The van der Waals surface area contributed by atoms with Gasteiger partial charge in [-0.05, 0) is 66.7 Å². The number of benzene rings is 2. The maximum absolute atomic E-state index is 14.1. The Hall–Kier alpha value is -3.71. The van der Waals surface area contributed by atoms with Crippen molar-refractivity contribution in [2.45, 2.75) is 71.4 Å². The number of amides is 2.